The molecule has 136 valence electrons. The van der Waals surface area contributed by atoms with E-state index >= 15 is 0 Å². The first-order chi connectivity index (χ1) is 12.5. The molecule has 1 N–H and O–H groups in total. The summed E-state index contributed by atoms with van der Waals surface area (Å²) in [5, 5.41) is 3.33. The lowest BCUT2D eigenvalue weighted by atomic mass is 9.79. The maximum atomic E-state index is 14.6. The van der Waals surface area contributed by atoms with Crippen molar-refractivity contribution in [2.45, 2.75) is 37.8 Å². The molecule has 1 aliphatic heterocycles. The Balaban J connectivity index is 1.91. The van der Waals surface area contributed by atoms with Crippen LogP contribution < -0.4 is 5.32 Å². The lowest BCUT2D eigenvalue weighted by molar-refractivity contribution is -0.134. The predicted octanol–water partition coefficient (Wildman–Crippen LogP) is 3.01. The van der Waals surface area contributed by atoms with Crippen molar-refractivity contribution in [2.75, 3.05) is 13.6 Å². The molecule has 1 fully saturated rings. The molecule has 1 amide bonds. The molecule has 1 aliphatic carbocycles. The lowest BCUT2D eigenvalue weighted by Gasteiger charge is -2.42. The molecule has 0 saturated carbocycles. The number of hydrogen-bond acceptors (Lipinski definition) is 2. The molecule has 2 aliphatic rings. The summed E-state index contributed by atoms with van der Waals surface area (Å²) >= 11 is 0. The van der Waals surface area contributed by atoms with Crippen LogP contribution in [0.4, 0.5) is 8.78 Å². The van der Waals surface area contributed by atoms with Crippen LogP contribution in [0.5, 0.6) is 0 Å². The zero-order valence-electron chi connectivity index (χ0n) is 14.9. The fourth-order valence-corrected chi connectivity index (χ4v) is 4.43. The number of likely N-dealkylation sites (N-methyl/N-ethyl adjacent to an activating group) is 1. The average Bonchev–Trinajstić information content (AvgIpc) is 2.79. The van der Waals surface area contributed by atoms with Gasteiger partial charge >= 0.3 is 0 Å². The smallest absolute Gasteiger partial charge is 0.236 e. The number of piperazine rings is 1. The van der Waals surface area contributed by atoms with Gasteiger partial charge in [0.1, 0.15) is 11.6 Å². The van der Waals surface area contributed by atoms with Gasteiger partial charge in [-0.2, -0.15) is 0 Å². The van der Waals surface area contributed by atoms with E-state index in [9.17, 15) is 13.6 Å². The van der Waals surface area contributed by atoms with E-state index < -0.39 is 0 Å². The van der Waals surface area contributed by atoms with Crippen LogP contribution >= 0.6 is 0 Å². The Hall–Kier alpha value is -2.27. The monoisotopic (exact) mass is 356 g/mol. The molecule has 0 spiro atoms. The molecule has 3 nitrogen and oxygen atoms in total. The van der Waals surface area contributed by atoms with Crippen molar-refractivity contribution in [3.8, 4) is 0 Å². The number of carbonyl (C=O) groups is 1. The maximum Gasteiger partial charge on any atom is 0.236 e. The van der Waals surface area contributed by atoms with Crippen LogP contribution in [0.3, 0.4) is 0 Å². The largest absolute Gasteiger partial charge is 0.340 e. The molecule has 26 heavy (non-hydrogen) atoms. The van der Waals surface area contributed by atoms with Gasteiger partial charge < -0.3 is 10.2 Å². The summed E-state index contributed by atoms with van der Waals surface area (Å²) in [5.74, 6) is -0.664. The molecule has 0 bridgehead atoms. The zero-order chi connectivity index (χ0) is 18.4. The first kappa shape index (κ1) is 17.2. The normalized spacial score (nSPS) is 23.4. The number of nitrogens with zero attached hydrogens (tertiary/aromatic N) is 1. The predicted molar refractivity (Wildman–Crippen MR) is 96.1 cm³/mol. The molecule has 0 radical (unpaired) electrons. The van der Waals surface area contributed by atoms with Crippen LogP contribution in [0.2, 0.25) is 0 Å². The summed E-state index contributed by atoms with van der Waals surface area (Å²) in [6.45, 7) is 2.22. The van der Waals surface area contributed by atoms with Crippen molar-refractivity contribution in [1.29, 1.82) is 0 Å². The molecule has 0 aromatic heterocycles. The SMILES string of the molecule is C[C@H]1[C@H](C2c3cccc(F)c3CCc3c(F)cccc32)NCC(=O)N1C. The third-order valence-electron chi connectivity index (χ3n) is 5.98. The molecule has 1 heterocycles. The highest BCUT2D eigenvalue weighted by Gasteiger charge is 2.39. The standard InChI is InChI=1S/C21H22F2N2O/c1-12-21(24-11-19(26)25(12)2)20-15-5-3-7-17(22)13(15)9-10-14-16(20)6-4-8-18(14)23/h3-8,12,20-21,24H,9-11H2,1-2H3/t12-,21+/m0/s1. The Kier molecular flexibility index (Phi) is 4.27. The van der Waals surface area contributed by atoms with Crippen LogP contribution in [0.1, 0.15) is 35.1 Å². The maximum absolute atomic E-state index is 14.6. The average molecular weight is 356 g/mol. The number of rotatable bonds is 1. The highest BCUT2D eigenvalue weighted by molar-refractivity contribution is 5.79. The van der Waals surface area contributed by atoms with Gasteiger partial charge in [0.25, 0.3) is 0 Å². The van der Waals surface area contributed by atoms with Gasteiger partial charge in [-0.1, -0.05) is 24.3 Å². The summed E-state index contributed by atoms with van der Waals surface area (Å²) in [4.78, 5) is 13.8. The summed E-state index contributed by atoms with van der Waals surface area (Å²) in [7, 11) is 1.79. The van der Waals surface area contributed by atoms with E-state index in [-0.39, 0.29) is 42.1 Å². The van der Waals surface area contributed by atoms with Crippen LogP contribution in [0.15, 0.2) is 36.4 Å². The highest BCUT2D eigenvalue weighted by Crippen LogP contribution is 2.40. The Labute approximate surface area is 152 Å². The third kappa shape index (κ3) is 2.62. The van der Waals surface area contributed by atoms with E-state index in [1.54, 1.807) is 24.1 Å². The van der Waals surface area contributed by atoms with Gasteiger partial charge in [-0.3, -0.25) is 4.79 Å². The summed E-state index contributed by atoms with van der Waals surface area (Å²) in [6, 6.07) is 10.0. The summed E-state index contributed by atoms with van der Waals surface area (Å²) < 4.78 is 29.1. The van der Waals surface area contributed by atoms with Gasteiger partial charge in [-0.15, -0.1) is 0 Å². The third-order valence-corrected chi connectivity index (χ3v) is 5.98. The van der Waals surface area contributed by atoms with Gasteiger partial charge in [-0.05, 0) is 54.2 Å². The minimum Gasteiger partial charge on any atom is -0.340 e. The van der Waals surface area contributed by atoms with Crippen LogP contribution in [0, 0.1) is 11.6 Å². The van der Waals surface area contributed by atoms with Crippen molar-refractivity contribution in [2.24, 2.45) is 0 Å². The van der Waals surface area contributed by atoms with Crippen LogP contribution in [-0.4, -0.2) is 36.5 Å². The molecule has 4 rings (SSSR count). The molecule has 2 aromatic carbocycles. The van der Waals surface area contributed by atoms with Crippen LogP contribution in [0.25, 0.3) is 0 Å². The van der Waals surface area contributed by atoms with Gasteiger partial charge in [0.2, 0.25) is 5.91 Å². The number of benzene rings is 2. The molecule has 1 saturated heterocycles. The quantitative estimate of drug-likeness (QED) is 0.852. The highest BCUT2D eigenvalue weighted by atomic mass is 19.1. The van der Waals surface area contributed by atoms with Gasteiger partial charge in [-0.25, -0.2) is 8.78 Å². The van der Waals surface area contributed by atoms with Crippen molar-refractivity contribution in [3.63, 3.8) is 0 Å². The second-order valence-electron chi connectivity index (χ2n) is 7.24. The molecule has 5 heteroatoms. The van der Waals surface area contributed by atoms with Crippen molar-refractivity contribution < 1.29 is 13.6 Å². The summed E-state index contributed by atoms with van der Waals surface area (Å²) in [6.07, 6.45) is 0.949. The van der Waals surface area contributed by atoms with E-state index in [1.165, 1.54) is 12.1 Å². The molecular formula is C21H22F2N2O. The molecule has 0 unspecified atom stereocenters. The van der Waals surface area contributed by atoms with E-state index in [0.29, 0.717) is 24.0 Å². The second-order valence-corrected chi connectivity index (χ2v) is 7.24. The summed E-state index contributed by atoms with van der Waals surface area (Å²) in [5.41, 5.74) is 3.09. The molecular weight excluding hydrogens is 334 g/mol. The Bertz CT molecular complexity index is 814. The van der Waals surface area contributed by atoms with Crippen molar-refractivity contribution in [1.82, 2.24) is 10.2 Å². The first-order valence-electron chi connectivity index (χ1n) is 9.02. The zero-order valence-corrected chi connectivity index (χ0v) is 14.9. The fourth-order valence-electron chi connectivity index (χ4n) is 4.43. The van der Waals surface area contributed by atoms with Gasteiger partial charge in [0, 0.05) is 25.0 Å². The molecule has 2 aromatic rings. The number of fused-ring (bicyclic) bond motifs is 2. The lowest BCUT2D eigenvalue weighted by Crippen LogP contribution is -2.60. The van der Waals surface area contributed by atoms with E-state index in [4.69, 9.17) is 0 Å². The Morgan fingerprint density at radius 3 is 2.08 bits per heavy atom. The van der Waals surface area contributed by atoms with Gasteiger partial charge in [0.15, 0.2) is 0 Å². The van der Waals surface area contributed by atoms with Crippen molar-refractivity contribution in [3.05, 3.63) is 70.3 Å². The van der Waals surface area contributed by atoms with Crippen molar-refractivity contribution >= 4 is 5.91 Å². The van der Waals surface area contributed by atoms with Crippen LogP contribution in [-0.2, 0) is 17.6 Å². The Morgan fingerprint density at radius 2 is 1.54 bits per heavy atom. The topological polar surface area (TPSA) is 32.3 Å². The fraction of sp³-hybridized carbons (Fsp3) is 0.381. The van der Waals surface area contributed by atoms with E-state index in [2.05, 4.69) is 5.32 Å². The minimum atomic E-state index is -0.242. The van der Waals surface area contributed by atoms with E-state index in [1.807, 2.05) is 19.1 Å². The minimum absolute atomic E-state index is 0.0290. The molecule has 2 atom stereocenters. The number of nitrogens with one attached hydrogen (secondary N) is 1. The Morgan fingerprint density at radius 1 is 1.00 bits per heavy atom. The van der Waals surface area contributed by atoms with Gasteiger partial charge in [0.05, 0.1) is 6.54 Å². The number of carbonyl (C=O) groups excluding carboxylic acids is 1. The second kappa shape index (κ2) is 6.47. The number of halogens is 2. The van der Waals surface area contributed by atoms with E-state index in [0.717, 1.165) is 11.1 Å². The number of hydrogen-bond donors (Lipinski definition) is 1. The first-order valence-corrected chi connectivity index (χ1v) is 9.02. The number of amides is 1.